The van der Waals surface area contributed by atoms with Crippen LogP contribution in [0.4, 0.5) is 22.0 Å². The van der Waals surface area contributed by atoms with Gasteiger partial charge in [0.05, 0.1) is 6.61 Å². The van der Waals surface area contributed by atoms with Gasteiger partial charge < -0.3 is 4.74 Å². The van der Waals surface area contributed by atoms with E-state index in [0.29, 0.717) is 6.42 Å². The van der Waals surface area contributed by atoms with Crippen molar-refractivity contribution in [3.63, 3.8) is 0 Å². The van der Waals surface area contributed by atoms with Crippen molar-refractivity contribution >= 4 is 5.97 Å². The van der Waals surface area contributed by atoms with Crippen molar-refractivity contribution in [1.29, 1.82) is 0 Å². The minimum atomic E-state index is -2.30. The summed E-state index contributed by atoms with van der Waals surface area (Å²) >= 11 is 0. The predicted octanol–water partition coefficient (Wildman–Crippen LogP) is 7.63. The summed E-state index contributed by atoms with van der Waals surface area (Å²) in [7, 11) is 0. The molecule has 1 aromatic rings. The van der Waals surface area contributed by atoms with Crippen LogP contribution in [0.5, 0.6) is 0 Å². The topological polar surface area (TPSA) is 26.3 Å². The summed E-state index contributed by atoms with van der Waals surface area (Å²) in [5.41, 5.74) is -1.55. The molecule has 166 valence electrons. The standard InChI is InChI=1S/C22H31F5O2/c1-2-3-4-5-6-7-8-9-10-11-12-13-14-15-29-22(28)16-17(23)19(25)21(27)20(26)18(16)24/h2-15H2,1H3. The first-order valence-corrected chi connectivity index (χ1v) is 10.6. The van der Waals surface area contributed by atoms with Gasteiger partial charge in [0, 0.05) is 0 Å². The number of hydrogen-bond acceptors (Lipinski definition) is 2. The SMILES string of the molecule is CCCCCCCCCCCCCCCOC(=O)c1c(F)c(F)c(F)c(F)c1F. The highest BCUT2D eigenvalue weighted by atomic mass is 19.2. The van der Waals surface area contributed by atoms with E-state index in [9.17, 15) is 26.7 Å². The first-order chi connectivity index (χ1) is 13.9. The van der Waals surface area contributed by atoms with Crippen LogP contribution in [0.1, 0.15) is 101 Å². The third-order valence-corrected chi connectivity index (χ3v) is 4.89. The molecule has 0 saturated heterocycles. The van der Waals surface area contributed by atoms with Crippen LogP contribution < -0.4 is 0 Å². The normalized spacial score (nSPS) is 11.1. The molecule has 0 aliphatic heterocycles. The summed E-state index contributed by atoms with van der Waals surface area (Å²) in [5.74, 6) is -12.5. The monoisotopic (exact) mass is 422 g/mol. The zero-order valence-corrected chi connectivity index (χ0v) is 17.1. The lowest BCUT2D eigenvalue weighted by Crippen LogP contribution is -2.15. The maximum Gasteiger partial charge on any atom is 0.344 e. The fourth-order valence-electron chi connectivity index (χ4n) is 3.14. The molecule has 0 aliphatic rings. The molecule has 0 amide bonds. The van der Waals surface area contributed by atoms with Crippen LogP contribution in [0.3, 0.4) is 0 Å². The van der Waals surface area contributed by atoms with Crippen molar-refractivity contribution in [3.05, 3.63) is 34.6 Å². The molecular formula is C22H31F5O2. The lowest BCUT2D eigenvalue weighted by atomic mass is 10.0. The second-order valence-electron chi connectivity index (χ2n) is 7.32. The van der Waals surface area contributed by atoms with Crippen molar-refractivity contribution < 1.29 is 31.5 Å². The van der Waals surface area contributed by atoms with Crippen molar-refractivity contribution in [2.45, 2.75) is 90.4 Å². The van der Waals surface area contributed by atoms with Crippen LogP contribution in [0.25, 0.3) is 0 Å². The minimum absolute atomic E-state index is 0.129. The molecule has 0 fully saturated rings. The largest absolute Gasteiger partial charge is 0.462 e. The second kappa shape index (κ2) is 14.3. The second-order valence-corrected chi connectivity index (χ2v) is 7.32. The first kappa shape index (κ1) is 25.4. The van der Waals surface area contributed by atoms with E-state index in [4.69, 9.17) is 0 Å². The van der Waals surface area contributed by atoms with Crippen LogP contribution in [0, 0.1) is 29.1 Å². The van der Waals surface area contributed by atoms with Crippen molar-refractivity contribution in [2.75, 3.05) is 6.61 Å². The average molecular weight is 422 g/mol. The Hall–Kier alpha value is -1.66. The van der Waals surface area contributed by atoms with Gasteiger partial charge in [0.15, 0.2) is 23.3 Å². The highest BCUT2D eigenvalue weighted by Gasteiger charge is 2.30. The molecule has 29 heavy (non-hydrogen) atoms. The maximum atomic E-state index is 13.5. The first-order valence-electron chi connectivity index (χ1n) is 10.6. The lowest BCUT2D eigenvalue weighted by molar-refractivity contribution is 0.0483. The van der Waals surface area contributed by atoms with E-state index in [-0.39, 0.29) is 6.61 Å². The summed E-state index contributed by atoms with van der Waals surface area (Å²) in [4.78, 5) is 11.7. The minimum Gasteiger partial charge on any atom is -0.462 e. The van der Waals surface area contributed by atoms with E-state index in [0.717, 1.165) is 25.7 Å². The molecule has 0 aliphatic carbocycles. The Kier molecular flexibility index (Phi) is 12.6. The number of halogens is 5. The van der Waals surface area contributed by atoms with Gasteiger partial charge in [-0.25, -0.2) is 26.7 Å². The van der Waals surface area contributed by atoms with Gasteiger partial charge in [-0.1, -0.05) is 84.0 Å². The zero-order chi connectivity index (χ0) is 21.6. The van der Waals surface area contributed by atoms with E-state index < -0.39 is 40.6 Å². The molecule has 0 bridgehead atoms. The smallest absolute Gasteiger partial charge is 0.344 e. The van der Waals surface area contributed by atoms with Crippen molar-refractivity contribution in [2.24, 2.45) is 0 Å². The third kappa shape index (κ3) is 8.70. The van der Waals surface area contributed by atoms with E-state index in [2.05, 4.69) is 11.7 Å². The van der Waals surface area contributed by atoms with Crippen LogP contribution in [0.2, 0.25) is 0 Å². The van der Waals surface area contributed by atoms with E-state index in [1.807, 2.05) is 0 Å². The number of hydrogen-bond donors (Lipinski definition) is 0. The molecule has 0 radical (unpaired) electrons. The maximum absolute atomic E-state index is 13.5. The van der Waals surface area contributed by atoms with Crippen LogP contribution in [0.15, 0.2) is 0 Å². The van der Waals surface area contributed by atoms with Gasteiger partial charge in [0.2, 0.25) is 5.82 Å². The van der Waals surface area contributed by atoms with Gasteiger partial charge in [-0.05, 0) is 6.42 Å². The van der Waals surface area contributed by atoms with Crippen LogP contribution >= 0.6 is 0 Å². The molecule has 0 N–H and O–H groups in total. The quantitative estimate of drug-likeness (QED) is 0.0955. The molecule has 0 aromatic heterocycles. The number of rotatable bonds is 15. The molecule has 2 nitrogen and oxygen atoms in total. The number of esters is 1. The molecule has 0 atom stereocenters. The Morgan fingerprint density at radius 3 is 1.34 bits per heavy atom. The average Bonchev–Trinajstić information content (AvgIpc) is 2.71. The van der Waals surface area contributed by atoms with Gasteiger partial charge in [0.1, 0.15) is 5.56 Å². The Morgan fingerprint density at radius 2 is 0.931 bits per heavy atom. The molecule has 1 rings (SSSR count). The number of carbonyl (C=O) groups is 1. The van der Waals surface area contributed by atoms with E-state index in [1.54, 1.807) is 0 Å². The molecule has 0 spiro atoms. The Morgan fingerprint density at radius 1 is 0.586 bits per heavy atom. The Bertz CT molecular complexity index is 605. The van der Waals surface area contributed by atoms with E-state index in [1.165, 1.54) is 51.4 Å². The number of benzene rings is 1. The fraction of sp³-hybridized carbons (Fsp3) is 0.682. The van der Waals surface area contributed by atoms with Gasteiger partial charge in [-0.15, -0.1) is 0 Å². The number of ether oxygens (including phenoxy) is 1. The fourth-order valence-corrected chi connectivity index (χ4v) is 3.14. The predicted molar refractivity (Wildman–Crippen MR) is 102 cm³/mol. The summed E-state index contributed by atoms with van der Waals surface area (Å²) in [5, 5.41) is 0. The molecule has 1 aromatic carbocycles. The van der Waals surface area contributed by atoms with Crippen molar-refractivity contribution in [1.82, 2.24) is 0 Å². The summed E-state index contributed by atoms with van der Waals surface area (Å²) in [6, 6.07) is 0. The summed E-state index contributed by atoms with van der Waals surface area (Å²) < 4.78 is 70.9. The number of carbonyl (C=O) groups excluding carboxylic acids is 1. The molecule has 7 heteroatoms. The highest BCUT2D eigenvalue weighted by molar-refractivity contribution is 5.90. The number of unbranched alkanes of at least 4 members (excludes halogenated alkanes) is 12. The summed E-state index contributed by atoms with van der Waals surface area (Å²) in [6.07, 6.45) is 14.6. The van der Waals surface area contributed by atoms with Gasteiger partial charge in [0.25, 0.3) is 0 Å². The van der Waals surface area contributed by atoms with E-state index >= 15 is 0 Å². The van der Waals surface area contributed by atoms with Crippen LogP contribution in [-0.2, 0) is 4.74 Å². The molecule has 0 saturated carbocycles. The molecule has 0 unspecified atom stereocenters. The molecular weight excluding hydrogens is 391 g/mol. The van der Waals surface area contributed by atoms with Crippen molar-refractivity contribution in [3.8, 4) is 0 Å². The van der Waals surface area contributed by atoms with Gasteiger partial charge in [-0.3, -0.25) is 0 Å². The van der Waals surface area contributed by atoms with Crippen LogP contribution in [-0.4, -0.2) is 12.6 Å². The van der Waals surface area contributed by atoms with Gasteiger partial charge in [-0.2, -0.15) is 0 Å². The lowest BCUT2D eigenvalue weighted by Gasteiger charge is -2.08. The summed E-state index contributed by atoms with van der Waals surface area (Å²) in [6.45, 7) is 2.08. The Labute approximate surface area is 169 Å². The Balaban J connectivity index is 2.12. The third-order valence-electron chi connectivity index (χ3n) is 4.89. The highest BCUT2D eigenvalue weighted by Crippen LogP contribution is 2.23. The zero-order valence-electron chi connectivity index (χ0n) is 17.1. The van der Waals surface area contributed by atoms with Gasteiger partial charge >= 0.3 is 5.97 Å². The molecule has 0 heterocycles.